The number of imidazole rings is 1. The minimum absolute atomic E-state index is 0.291. The monoisotopic (exact) mass is 511 g/mol. The Balaban J connectivity index is 1.53. The molecular weight excluding hydrogens is 493 g/mol. The van der Waals surface area contributed by atoms with Crippen LogP contribution in [0.15, 0.2) is 91.8 Å². The molecule has 7 nitrogen and oxygen atoms in total. The lowest BCUT2D eigenvalue weighted by atomic mass is 9.95. The molecule has 0 saturated heterocycles. The fourth-order valence-corrected chi connectivity index (χ4v) is 4.29. The Morgan fingerprint density at radius 1 is 0.895 bits per heavy atom. The molecule has 10 heteroatoms. The van der Waals surface area contributed by atoms with Gasteiger partial charge in [0, 0.05) is 53.9 Å². The number of methoxy groups -OCH3 is 1. The van der Waals surface area contributed by atoms with Crippen molar-refractivity contribution in [2.45, 2.75) is 6.18 Å². The first-order chi connectivity index (χ1) is 18.4. The number of benzene rings is 2. The largest absolute Gasteiger partial charge is 0.496 e. The van der Waals surface area contributed by atoms with Crippen LogP contribution in [0.5, 0.6) is 5.75 Å². The maximum Gasteiger partial charge on any atom is 0.416 e. The van der Waals surface area contributed by atoms with Crippen LogP contribution in [0.2, 0.25) is 0 Å². The zero-order chi connectivity index (χ0) is 26.3. The van der Waals surface area contributed by atoms with Crippen molar-refractivity contribution in [3.8, 4) is 45.2 Å². The summed E-state index contributed by atoms with van der Waals surface area (Å²) < 4.78 is 49.5. The Labute approximate surface area is 214 Å². The molecule has 2 aromatic carbocycles. The van der Waals surface area contributed by atoms with E-state index in [-0.39, 0.29) is 0 Å². The molecule has 0 bridgehead atoms. The third-order valence-corrected chi connectivity index (χ3v) is 6.10. The number of ether oxygens (including phenoxy) is 1. The lowest BCUT2D eigenvalue weighted by Gasteiger charge is -2.16. The van der Waals surface area contributed by atoms with Gasteiger partial charge in [-0.05, 0) is 54.1 Å². The van der Waals surface area contributed by atoms with Gasteiger partial charge < -0.3 is 9.14 Å². The van der Waals surface area contributed by atoms with E-state index in [0.29, 0.717) is 39.6 Å². The lowest BCUT2D eigenvalue weighted by Crippen LogP contribution is -2.06. The van der Waals surface area contributed by atoms with E-state index in [1.54, 1.807) is 64.5 Å². The van der Waals surface area contributed by atoms with Crippen LogP contribution in [-0.4, -0.2) is 36.2 Å². The van der Waals surface area contributed by atoms with Gasteiger partial charge >= 0.3 is 6.18 Å². The molecule has 4 aromatic heterocycles. The maximum absolute atomic E-state index is 13.6. The minimum Gasteiger partial charge on any atom is -0.496 e. The molecule has 6 rings (SSSR count). The van der Waals surface area contributed by atoms with Crippen LogP contribution in [0.3, 0.4) is 0 Å². The van der Waals surface area contributed by atoms with Crippen LogP contribution < -0.4 is 4.74 Å². The van der Waals surface area contributed by atoms with Crippen LogP contribution in [-0.2, 0) is 6.18 Å². The predicted molar refractivity (Wildman–Crippen MR) is 135 cm³/mol. The molecule has 0 unspecified atom stereocenters. The molecule has 0 fully saturated rings. The van der Waals surface area contributed by atoms with E-state index in [0.717, 1.165) is 23.4 Å². The van der Waals surface area contributed by atoms with E-state index in [9.17, 15) is 13.2 Å². The molecule has 0 amide bonds. The summed E-state index contributed by atoms with van der Waals surface area (Å²) in [6, 6.07) is 17.0. The van der Waals surface area contributed by atoms with Crippen LogP contribution in [0, 0.1) is 6.07 Å². The van der Waals surface area contributed by atoms with Crippen molar-refractivity contribution in [3.63, 3.8) is 0 Å². The highest BCUT2D eigenvalue weighted by Crippen LogP contribution is 2.40. The van der Waals surface area contributed by atoms with Crippen LogP contribution in [0.4, 0.5) is 13.2 Å². The van der Waals surface area contributed by atoms with E-state index < -0.39 is 11.7 Å². The molecule has 1 radical (unpaired) electrons. The van der Waals surface area contributed by atoms with E-state index in [2.05, 4.69) is 21.1 Å². The molecule has 38 heavy (non-hydrogen) atoms. The van der Waals surface area contributed by atoms with E-state index in [4.69, 9.17) is 9.72 Å². The van der Waals surface area contributed by atoms with Gasteiger partial charge in [0.05, 0.1) is 24.1 Å². The van der Waals surface area contributed by atoms with Crippen LogP contribution >= 0.6 is 0 Å². The van der Waals surface area contributed by atoms with Crippen molar-refractivity contribution in [2.24, 2.45) is 0 Å². The average molecular weight is 511 g/mol. The number of hydrogen-bond donors (Lipinski definition) is 0. The predicted octanol–water partition coefficient (Wildman–Crippen LogP) is 6.14. The van der Waals surface area contributed by atoms with E-state index in [1.807, 2.05) is 18.2 Å². The average Bonchev–Trinajstić information content (AvgIpc) is 3.62. The lowest BCUT2D eigenvalue weighted by molar-refractivity contribution is -0.137. The van der Waals surface area contributed by atoms with Crippen LogP contribution in [0.25, 0.3) is 45.1 Å². The van der Waals surface area contributed by atoms with Crippen molar-refractivity contribution in [2.75, 3.05) is 7.11 Å². The van der Waals surface area contributed by atoms with Gasteiger partial charge in [0.2, 0.25) is 0 Å². The third kappa shape index (κ3) is 4.15. The summed E-state index contributed by atoms with van der Waals surface area (Å²) in [6.07, 6.45) is 5.84. The molecule has 0 aliphatic rings. The van der Waals surface area contributed by atoms with Crippen molar-refractivity contribution < 1.29 is 17.9 Å². The van der Waals surface area contributed by atoms with Gasteiger partial charge in [0.1, 0.15) is 5.75 Å². The number of pyridine rings is 1. The van der Waals surface area contributed by atoms with Gasteiger partial charge in [-0.3, -0.25) is 4.98 Å². The van der Waals surface area contributed by atoms with Crippen molar-refractivity contribution >= 4 is 5.65 Å². The summed E-state index contributed by atoms with van der Waals surface area (Å²) in [6.45, 7) is 0. The Bertz CT molecular complexity index is 1760. The second-order valence-electron chi connectivity index (χ2n) is 8.37. The quantitative estimate of drug-likeness (QED) is 0.278. The second kappa shape index (κ2) is 9.15. The third-order valence-electron chi connectivity index (χ3n) is 6.10. The van der Waals surface area contributed by atoms with Crippen molar-refractivity contribution in [1.82, 2.24) is 29.1 Å². The molecule has 0 atom stereocenters. The van der Waals surface area contributed by atoms with Gasteiger partial charge in [-0.1, -0.05) is 12.1 Å². The number of alkyl halides is 3. The topological polar surface area (TPSA) is 70.1 Å². The first-order valence-electron chi connectivity index (χ1n) is 11.5. The summed E-state index contributed by atoms with van der Waals surface area (Å²) in [4.78, 5) is 13.3. The Morgan fingerprint density at radius 3 is 2.53 bits per heavy atom. The van der Waals surface area contributed by atoms with Crippen LogP contribution in [0.1, 0.15) is 5.56 Å². The molecule has 0 saturated carbocycles. The molecule has 0 spiro atoms. The second-order valence-corrected chi connectivity index (χ2v) is 8.37. The SMILES string of the molecule is COc1ccc(C(F)(F)F)cc1-c1cc[c]cc1-c1cn2ccnc2c(-n2ccc(-c3ccncc3)n2)n1. The minimum atomic E-state index is -4.50. The highest BCUT2D eigenvalue weighted by Gasteiger charge is 2.31. The zero-order valence-corrected chi connectivity index (χ0v) is 19.9. The highest BCUT2D eigenvalue weighted by atomic mass is 19.4. The first kappa shape index (κ1) is 23.4. The normalized spacial score (nSPS) is 11.7. The fourth-order valence-electron chi connectivity index (χ4n) is 4.29. The number of nitrogens with zero attached hydrogens (tertiary/aromatic N) is 6. The van der Waals surface area contributed by atoms with Gasteiger partial charge in [0.25, 0.3) is 0 Å². The zero-order valence-electron chi connectivity index (χ0n) is 19.9. The van der Waals surface area contributed by atoms with Gasteiger partial charge in [-0.2, -0.15) is 18.3 Å². The fraction of sp³-hybridized carbons (Fsp3) is 0.0714. The molecular formula is C28H18F3N6O. The summed E-state index contributed by atoms with van der Waals surface area (Å²) in [5.74, 6) is 0.766. The van der Waals surface area contributed by atoms with Gasteiger partial charge in [-0.25, -0.2) is 14.6 Å². The van der Waals surface area contributed by atoms with Gasteiger partial charge in [0.15, 0.2) is 11.5 Å². The number of fused-ring (bicyclic) bond motifs is 1. The summed E-state index contributed by atoms with van der Waals surface area (Å²) in [5.41, 5.74) is 3.29. The molecule has 0 N–H and O–H groups in total. The standard InChI is InChI=1S/C28H18F3N6O/c1-38-25-7-6-19(28(29,30)31)16-22(25)20-4-2-3-5-21(20)24-17-36-15-13-33-26(36)27(34-24)37-14-10-23(35-37)18-8-11-32-12-9-18/h2,4-17H,1H3. The Morgan fingerprint density at radius 2 is 1.74 bits per heavy atom. The molecule has 187 valence electrons. The number of halogens is 3. The van der Waals surface area contributed by atoms with Crippen molar-refractivity contribution in [1.29, 1.82) is 0 Å². The first-order valence-corrected chi connectivity index (χ1v) is 11.5. The van der Waals surface area contributed by atoms with E-state index >= 15 is 0 Å². The van der Waals surface area contributed by atoms with Gasteiger partial charge in [-0.15, -0.1) is 0 Å². The summed E-state index contributed by atoms with van der Waals surface area (Å²) in [5, 5.41) is 4.68. The Hall–Kier alpha value is -4.99. The molecule has 0 aliphatic heterocycles. The molecule has 0 aliphatic carbocycles. The smallest absolute Gasteiger partial charge is 0.416 e. The van der Waals surface area contributed by atoms with E-state index in [1.165, 1.54) is 13.2 Å². The Kier molecular flexibility index (Phi) is 5.64. The molecule has 4 heterocycles. The number of rotatable bonds is 5. The summed E-state index contributed by atoms with van der Waals surface area (Å²) in [7, 11) is 1.42. The van der Waals surface area contributed by atoms with Crippen molar-refractivity contribution in [3.05, 3.63) is 103 Å². The number of aromatic nitrogens is 6. The highest BCUT2D eigenvalue weighted by molar-refractivity contribution is 5.85. The summed E-state index contributed by atoms with van der Waals surface area (Å²) >= 11 is 0. The number of hydrogen-bond acceptors (Lipinski definition) is 5. The maximum atomic E-state index is 13.6. The molecule has 6 aromatic rings.